The molecule has 1 aliphatic rings. The van der Waals surface area contributed by atoms with Crippen LogP contribution in [0.3, 0.4) is 0 Å². The van der Waals surface area contributed by atoms with Gasteiger partial charge in [-0.05, 0) is 18.2 Å². The number of pyridine rings is 1. The molecule has 4 rings (SSSR count). The Balaban J connectivity index is 1.65. The van der Waals surface area contributed by atoms with E-state index in [-0.39, 0.29) is 19.5 Å². The number of hydrogen-bond acceptors (Lipinski definition) is 7. The third-order valence-electron chi connectivity index (χ3n) is 5.62. The highest BCUT2D eigenvalue weighted by atomic mass is 32.2. The molecule has 0 radical (unpaired) electrons. The van der Waals surface area contributed by atoms with Crippen LogP contribution in [0, 0.1) is 5.92 Å². The molecule has 1 unspecified atom stereocenters. The normalized spacial score (nSPS) is 18.4. The summed E-state index contributed by atoms with van der Waals surface area (Å²) in [6, 6.07) is 8.63. The van der Waals surface area contributed by atoms with Crippen molar-refractivity contribution in [2.45, 2.75) is 12.3 Å². The van der Waals surface area contributed by atoms with Crippen LogP contribution in [0.4, 0.5) is 20.3 Å². The summed E-state index contributed by atoms with van der Waals surface area (Å²) >= 11 is 0. The molecule has 32 heavy (non-hydrogen) atoms. The van der Waals surface area contributed by atoms with E-state index in [0.29, 0.717) is 34.8 Å². The topological polar surface area (TPSA) is 100 Å². The van der Waals surface area contributed by atoms with Gasteiger partial charge in [0.2, 0.25) is 10.0 Å². The number of piperidine rings is 1. The van der Waals surface area contributed by atoms with Crippen LogP contribution in [-0.4, -0.2) is 62.2 Å². The van der Waals surface area contributed by atoms with Crippen molar-refractivity contribution in [1.29, 1.82) is 0 Å². The van der Waals surface area contributed by atoms with Crippen molar-refractivity contribution in [3.05, 3.63) is 42.7 Å². The van der Waals surface area contributed by atoms with Gasteiger partial charge in [-0.2, -0.15) is 0 Å². The van der Waals surface area contributed by atoms with Crippen LogP contribution < -0.4 is 14.9 Å². The molecule has 11 heteroatoms. The van der Waals surface area contributed by atoms with Gasteiger partial charge in [0.15, 0.2) is 5.82 Å². The lowest BCUT2D eigenvalue weighted by Gasteiger charge is -2.32. The molecule has 1 atom stereocenters. The summed E-state index contributed by atoms with van der Waals surface area (Å²) in [6.07, 6.45) is 4.02. The van der Waals surface area contributed by atoms with E-state index in [4.69, 9.17) is 0 Å². The van der Waals surface area contributed by atoms with E-state index in [2.05, 4.69) is 25.6 Å². The van der Waals surface area contributed by atoms with Crippen molar-refractivity contribution in [1.82, 2.24) is 20.3 Å². The first kappa shape index (κ1) is 22.3. The Bertz CT molecular complexity index is 1220. The third-order valence-corrected chi connectivity index (χ3v) is 6.83. The standard InChI is InChI=1S/C21H24F2N6O2S/c1-29(32(2,30)31)16-5-3-14(4-6-16)17-11-18-19(26-10-9-25-18)20(28-17)27-13-15-12-24-8-7-21(15,22)23/h3-6,9-11,15,24H,7-8,12-13H2,1-2H3,(H,27,28). The number of nitrogens with zero attached hydrogens (tertiary/aromatic N) is 4. The quantitative estimate of drug-likeness (QED) is 0.581. The highest BCUT2D eigenvalue weighted by molar-refractivity contribution is 7.92. The van der Waals surface area contributed by atoms with Crippen LogP contribution in [-0.2, 0) is 10.0 Å². The van der Waals surface area contributed by atoms with Gasteiger partial charge >= 0.3 is 0 Å². The maximum Gasteiger partial charge on any atom is 0.255 e. The Hall–Kier alpha value is -2.92. The molecule has 2 aromatic heterocycles. The lowest BCUT2D eigenvalue weighted by Crippen LogP contribution is -2.47. The molecule has 0 saturated carbocycles. The Morgan fingerprint density at radius 3 is 2.62 bits per heavy atom. The van der Waals surface area contributed by atoms with Crippen molar-refractivity contribution in [3.63, 3.8) is 0 Å². The fourth-order valence-corrected chi connectivity index (χ4v) is 4.11. The van der Waals surface area contributed by atoms with Gasteiger partial charge < -0.3 is 10.6 Å². The molecule has 1 aromatic carbocycles. The number of alkyl halides is 2. The Kier molecular flexibility index (Phi) is 5.95. The van der Waals surface area contributed by atoms with E-state index >= 15 is 0 Å². The minimum Gasteiger partial charge on any atom is -0.368 e. The van der Waals surface area contributed by atoms with E-state index in [1.807, 2.05) is 0 Å². The first-order valence-electron chi connectivity index (χ1n) is 10.1. The Morgan fingerprint density at radius 1 is 1.22 bits per heavy atom. The average molecular weight is 463 g/mol. The van der Waals surface area contributed by atoms with E-state index in [9.17, 15) is 17.2 Å². The van der Waals surface area contributed by atoms with Crippen LogP contribution in [0.15, 0.2) is 42.7 Å². The number of hydrogen-bond donors (Lipinski definition) is 2. The third kappa shape index (κ3) is 4.63. The molecule has 0 aliphatic carbocycles. The summed E-state index contributed by atoms with van der Waals surface area (Å²) in [6.45, 7) is 0.564. The molecule has 0 bridgehead atoms. The second-order valence-electron chi connectivity index (χ2n) is 7.85. The number of sulfonamides is 1. The molecule has 8 nitrogen and oxygen atoms in total. The number of nitrogens with one attached hydrogen (secondary N) is 2. The second-order valence-corrected chi connectivity index (χ2v) is 9.86. The smallest absolute Gasteiger partial charge is 0.255 e. The maximum atomic E-state index is 14.2. The van der Waals surface area contributed by atoms with Crippen molar-refractivity contribution >= 4 is 32.6 Å². The SMILES string of the molecule is CN(c1ccc(-c2cc3nccnc3c(NCC3CNCCC3(F)F)n2)cc1)S(C)(=O)=O. The van der Waals surface area contributed by atoms with Gasteiger partial charge in [0.05, 0.1) is 29.1 Å². The fourth-order valence-electron chi connectivity index (χ4n) is 3.60. The predicted molar refractivity (Wildman–Crippen MR) is 120 cm³/mol. The van der Waals surface area contributed by atoms with Gasteiger partial charge in [-0.1, -0.05) is 12.1 Å². The number of aromatic nitrogens is 3. The zero-order valence-electron chi connectivity index (χ0n) is 17.7. The molecule has 170 valence electrons. The Labute approximate surface area is 185 Å². The van der Waals surface area contributed by atoms with E-state index in [0.717, 1.165) is 11.8 Å². The largest absolute Gasteiger partial charge is 0.368 e. The van der Waals surface area contributed by atoms with Crippen molar-refractivity contribution in [3.8, 4) is 11.3 Å². The molecule has 0 amide bonds. The summed E-state index contributed by atoms with van der Waals surface area (Å²) < 4.78 is 53.2. The summed E-state index contributed by atoms with van der Waals surface area (Å²) in [4.78, 5) is 13.3. The van der Waals surface area contributed by atoms with Crippen LogP contribution in [0.2, 0.25) is 0 Å². The van der Waals surface area contributed by atoms with Gasteiger partial charge in [0, 0.05) is 51.1 Å². The first-order valence-corrected chi connectivity index (χ1v) is 12.0. The Morgan fingerprint density at radius 2 is 1.94 bits per heavy atom. The highest BCUT2D eigenvalue weighted by Crippen LogP contribution is 2.32. The van der Waals surface area contributed by atoms with Gasteiger partial charge in [0.1, 0.15) is 5.52 Å². The highest BCUT2D eigenvalue weighted by Gasteiger charge is 2.41. The summed E-state index contributed by atoms with van der Waals surface area (Å²) in [7, 11) is -1.90. The van der Waals surface area contributed by atoms with Crippen LogP contribution >= 0.6 is 0 Å². The average Bonchev–Trinajstić information content (AvgIpc) is 2.76. The molecule has 3 aromatic rings. The lowest BCUT2D eigenvalue weighted by molar-refractivity contribution is -0.0728. The van der Waals surface area contributed by atoms with Crippen molar-refractivity contribution in [2.75, 3.05) is 42.6 Å². The second kappa shape index (κ2) is 8.55. The van der Waals surface area contributed by atoms with Crippen LogP contribution in [0.25, 0.3) is 22.3 Å². The molecule has 1 aliphatic heterocycles. The van der Waals surface area contributed by atoms with Gasteiger partial charge in [-0.3, -0.25) is 9.29 Å². The number of benzene rings is 1. The molecule has 1 fully saturated rings. The molecule has 1 saturated heterocycles. The van der Waals surface area contributed by atoms with Crippen molar-refractivity contribution in [2.24, 2.45) is 5.92 Å². The van der Waals surface area contributed by atoms with Crippen LogP contribution in [0.1, 0.15) is 6.42 Å². The summed E-state index contributed by atoms with van der Waals surface area (Å²) in [5.74, 6) is -3.23. The summed E-state index contributed by atoms with van der Waals surface area (Å²) in [5, 5.41) is 6.06. The molecular formula is C21H24F2N6O2S. The van der Waals surface area contributed by atoms with E-state index < -0.39 is 21.9 Å². The minimum absolute atomic E-state index is 0.0419. The minimum atomic E-state index is -3.37. The lowest BCUT2D eigenvalue weighted by atomic mass is 9.95. The molecule has 2 N–H and O–H groups in total. The molecule has 0 spiro atoms. The number of halogens is 2. The van der Waals surface area contributed by atoms with Gasteiger partial charge in [-0.15, -0.1) is 0 Å². The number of rotatable bonds is 6. The predicted octanol–water partition coefficient (Wildman–Crippen LogP) is 2.74. The van der Waals surface area contributed by atoms with E-state index in [1.165, 1.54) is 17.5 Å². The molecular weight excluding hydrogens is 438 g/mol. The van der Waals surface area contributed by atoms with E-state index in [1.54, 1.807) is 36.5 Å². The van der Waals surface area contributed by atoms with Gasteiger partial charge in [-0.25, -0.2) is 27.2 Å². The summed E-state index contributed by atoms with van der Waals surface area (Å²) in [5.41, 5.74) is 2.89. The fraction of sp³-hybridized carbons (Fsp3) is 0.381. The van der Waals surface area contributed by atoms with Crippen molar-refractivity contribution < 1.29 is 17.2 Å². The zero-order chi connectivity index (χ0) is 22.9. The zero-order valence-corrected chi connectivity index (χ0v) is 18.5. The van der Waals surface area contributed by atoms with Crippen LogP contribution in [0.5, 0.6) is 0 Å². The number of anilines is 2. The monoisotopic (exact) mass is 462 g/mol. The number of fused-ring (bicyclic) bond motifs is 1. The van der Waals surface area contributed by atoms with Gasteiger partial charge in [0.25, 0.3) is 5.92 Å². The molecule has 3 heterocycles. The maximum absolute atomic E-state index is 14.2. The first-order chi connectivity index (χ1) is 15.1.